The molecule has 21 heavy (non-hydrogen) atoms. The molecule has 1 aliphatic rings. The summed E-state index contributed by atoms with van der Waals surface area (Å²) in [5.41, 5.74) is 4.20. The lowest BCUT2D eigenvalue weighted by molar-refractivity contribution is 0.130. The number of halogens is 1. The second kappa shape index (κ2) is 6.19. The molecule has 0 saturated heterocycles. The number of rotatable bonds is 4. The lowest BCUT2D eigenvalue weighted by atomic mass is 10.1. The summed E-state index contributed by atoms with van der Waals surface area (Å²) < 4.78 is 5.50. The van der Waals surface area contributed by atoms with E-state index in [0.29, 0.717) is 6.61 Å². The Labute approximate surface area is 129 Å². The van der Waals surface area contributed by atoms with Gasteiger partial charge in [0.1, 0.15) is 12.4 Å². The molecule has 4 heteroatoms. The molecule has 0 fully saturated rings. The van der Waals surface area contributed by atoms with Crippen molar-refractivity contribution in [1.29, 1.82) is 0 Å². The van der Waals surface area contributed by atoms with Crippen LogP contribution in [0.2, 0.25) is 5.02 Å². The summed E-state index contributed by atoms with van der Waals surface area (Å²) in [6, 6.07) is 13.7. The fourth-order valence-electron chi connectivity index (χ4n) is 2.25. The molecule has 0 unspecified atom stereocenters. The first-order valence-corrected chi connectivity index (χ1v) is 7.27. The van der Waals surface area contributed by atoms with E-state index in [-0.39, 0.29) is 0 Å². The van der Waals surface area contributed by atoms with E-state index in [0.717, 1.165) is 40.6 Å². The molecular formula is C17H16ClNO2. The smallest absolute Gasteiger partial charge is 0.142 e. The van der Waals surface area contributed by atoms with Crippen molar-refractivity contribution in [3.8, 4) is 5.75 Å². The molecule has 0 bridgehead atoms. The van der Waals surface area contributed by atoms with Crippen LogP contribution in [0.3, 0.4) is 0 Å². The molecule has 1 aliphatic heterocycles. The first-order valence-electron chi connectivity index (χ1n) is 6.89. The van der Waals surface area contributed by atoms with Crippen LogP contribution in [-0.4, -0.2) is 12.3 Å². The summed E-state index contributed by atoms with van der Waals surface area (Å²) in [7, 11) is 0. The van der Waals surface area contributed by atoms with Crippen molar-refractivity contribution in [2.24, 2.45) is 5.16 Å². The van der Waals surface area contributed by atoms with Crippen LogP contribution >= 0.6 is 11.6 Å². The molecule has 0 amide bonds. The topological polar surface area (TPSA) is 30.8 Å². The van der Waals surface area contributed by atoms with Crippen molar-refractivity contribution in [3.05, 3.63) is 64.2 Å². The highest BCUT2D eigenvalue weighted by Gasteiger charge is 2.12. The van der Waals surface area contributed by atoms with Crippen molar-refractivity contribution in [3.63, 3.8) is 0 Å². The lowest BCUT2D eigenvalue weighted by Gasteiger charge is -2.05. The minimum atomic E-state index is 0.433. The maximum Gasteiger partial charge on any atom is 0.142 e. The van der Waals surface area contributed by atoms with Gasteiger partial charge in [0.15, 0.2) is 0 Å². The SMILES string of the molecule is C/C(=N\OCc1ccc(Cl)cc1)c1ccc2c(c1)CCO2. The monoisotopic (exact) mass is 301 g/mol. The highest BCUT2D eigenvalue weighted by Crippen LogP contribution is 2.26. The van der Waals surface area contributed by atoms with Crippen LogP contribution in [0.25, 0.3) is 0 Å². The average Bonchev–Trinajstić information content (AvgIpc) is 2.96. The first-order chi connectivity index (χ1) is 10.2. The predicted molar refractivity (Wildman–Crippen MR) is 84.1 cm³/mol. The summed E-state index contributed by atoms with van der Waals surface area (Å²) in [4.78, 5) is 5.41. The van der Waals surface area contributed by atoms with Crippen molar-refractivity contribution in [2.45, 2.75) is 20.0 Å². The Hall–Kier alpha value is -2.00. The van der Waals surface area contributed by atoms with Gasteiger partial charge in [0.25, 0.3) is 0 Å². The fraction of sp³-hybridized carbons (Fsp3) is 0.235. The molecule has 108 valence electrons. The van der Waals surface area contributed by atoms with Crippen molar-refractivity contribution >= 4 is 17.3 Å². The molecule has 0 saturated carbocycles. The van der Waals surface area contributed by atoms with Gasteiger partial charge in [-0.05, 0) is 53.9 Å². The minimum absolute atomic E-state index is 0.433. The minimum Gasteiger partial charge on any atom is -0.493 e. The Morgan fingerprint density at radius 2 is 2.05 bits per heavy atom. The van der Waals surface area contributed by atoms with Gasteiger partial charge in [-0.2, -0.15) is 0 Å². The maximum atomic E-state index is 5.84. The van der Waals surface area contributed by atoms with Crippen LogP contribution in [0.4, 0.5) is 0 Å². The van der Waals surface area contributed by atoms with E-state index in [1.807, 2.05) is 43.3 Å². The van der Waals surface area contributed by atoms with Gasteiger partial charge in [-0.25, -0.2) is 0 Å². The summed E-state index contributed by atoms with van der Waals surface area (Å²) in [6.07, 6.45) is 0.960. The average molecular weight is 302 g/mol. The van der Waals surface area contributed by atoms with Crippen LogP contribution in [0, 0.1) is 0 Å². The summed E-state index contributed by atoms with van der Waals surface area (Å²) in [6.45, 7) is 3.14. The summed E-state index contributed by atoms with van der Waals surface area (Å²) in [5, 5.41) is 4.90. The van der Waals surface area contributed by atoms with Gasteiger partial charge in [-0.1, -0.05) is 28.9 Å². The molecule has 0 aliphatic carbocycles. The molecule has 0 N–H and O–H groups in total. The number of fused-ring (bicyclic) bond motifs is 1. The zero-order chi connectivity index (χ0) is 14.7. The fourth-order valence-corrected chi connectivity index (χ4v) is 2.37. The van der Waals surface area contributed by atoms with Crippen LogP contribution in [0.5, 0.6) is 5.75 Å². The third-order valence-electron chi connectivity index (χ3n) is 3.45. The molecule has 3 rings (SSSR count). The molecule has 3 nitrogen and oxygen atoms in total. The molecule has 0 radical (unpaired) electrons. The molecule has 2 aromatic carbocycles. The zero-order valence-corrected chi connectivity index (χ0v) is 12.6. The zero-order valence-electron chi connectivity index (χ0n) is 11.8. The van der Waals surface area contributed by atoms with Crippen LogP contribution in [-0.2, 0) is 17.9 Å². The Balaban J connectivity index is 1.64. The second-order valence-corrected chi connectivity index (χ2v) is 5.43. The normalized spacial score (nSPS) is 13.7. The van der Waals surface area contributed by atoms with E-state index in [1.165, 1.54) is 5.56 Å². The van der Waals surface area contributed by atoms with E-state index in [2.05, 4.69) is 11.2 Å². The predicted octanol–water partition coefficient (Wildman–Crippen LogP) is 4.22. The molecule has 0 spiro atoms. The molecule has 2 aromatic rings. The van der Waals surface area contributed by atoms with E-state index in [1.54, 1.807) is 0 Å². The van der Waals surface area contributed by atoms with Gasteiger partial charge in [0, 0.05) is 11.4 Å². The van der Waals surface area contributed by atoms with E-state index >= 15 is 0 Å². The van der Waals surface area contributed by atoms with E-state index in [9.17, 15) is 0 Å². The quantitative estimate of drug-likeness (QED) is 0.625. The van der Waals surface area contributed by atoms with Gasteiger partial charge < -0.3 is 9.57 Å². The number of oxime groups is 1. The van der Waals surface area contributed by atoms with Crippen molar-refractivity contribution < 1.29 is 9.57 Å². The molecule has 0 aromatic heterocycles. The van der Waals surface area contributed by atoms with Gasteiger partial charge in [-0.3, -0.25) is 0 Å². The van der Waals surface area contributed by atoms with Gasteiger partial charge in [0.05, 0.1) is 12.3 Å². The van der Waals surface area contributed by atoms with Gasteiger partial charge in [0.2, 0.25) is 0 Å². The number of hydrogen-bond acceptors (Lipinski definition) is 3. The van der Waals surface area contributed by atoms with Crippen LogP contribution in [0.15, 0.2) is 47.6 Å². The van der Waals surface area contributed by atoms with Crippen molar-refractivity contribution in [1.82, 2.24) is 0 Å². The largest absolute Gasteiger partial charge is 0.493 e. The molecule has 0 atom stereocenters. The van der Waals surface area contributed by atoms with E-state index in [4.69, 9.17) is 21.2 Å². The van der Waals surface area contributed by atoms with E-state index < -0.39 is 0 Å². The summed E-state index contributed by atoms with van der Waals surface area (Å²) in [5.74, 6) is 0.980. The van der Waals surface area contributed by atoms with Crippen LogP contribution in [0.1, 0.15) is 23.6 Å². The summed E-state index contributed by atoms with van der Waals surface area (Å²) >= 11 is 5.84. The Bertz CT molecular complexity index is 665. The third-order valence-corrected chi connectivity index (χ3v) is 3.71. The Morgan fingerprint density at radius 3 is 2.86 bits per heavy atom. The molecule has 1 heterocycles. The van der Waals surface area contributed by atoms with Crippen molar-refractivity contribution in [2.75, 3.05) is 6.61 Å². The standard InChI is InChI=1S/C17H16ClNO2/c1-12(14-4-7-17-15(10-14)8-9-20-17)19-21-11-13-2-5-16(18)6-3-13/h2-7,10H,8-9,11H2,1H3/b19-12+. The van der Waals surface area contributed by atoms with Crippen LogP contribution < -0.4 is 4.74 Å². The first kappa shape index (κ1) is 14.0. The number of benzene rings is 2. The number of ether oxygens (including phenoxy) is 1. The second-order valence-electron chi connectivity index (χ2n) is 5.00. The maximum absolute atomic E-state index is 5.84. The number of nitrogens with zero attached hydrogens (tertiary/aromatic N) is 1. The highest BCUT2D eigenvalue weighted by molar-refractivity contribution is 6.30. The van der Waals surface area contributed by atoms with Gasteiger partial charge in [-0.15, -0.1) is 0 Å². The third kappa shape index (κ3) is 3.37. The highest BCUT2D eigenvalue weighted by atomic mass is 35.5. The number of hydrogen-bond donors (Lipinski definition) is 0. The Morgan fingerprint density at radius 1 is 1.24 bits per heavy atom. The van der Waals surface area contributed by atoms with Gasteiger partial charge >= 0.3 is 0 Å². The lowest BCUT2D eigenvalue weighted by Crippen LogP contribution is -1.97. The Kier molecular flexibility index (Phi) is 4.11. The molecular weight excluding hydrogens is 286 g/mol.